The van der Waals surface area contributed by atoms with Gasteiger partial charge in [0.05, 0.1) is 16.5 Å². The highest BCUT2D eigenvalue weighted by Gasteiger charge is 2.51. The van der Waals surface area contributed by atoms with Gasteiger partial charge in [0.2, 0.25) is 0 Å². The fraction of sp³-hybridized carbons (Fsp3) is 0.650. The third-order valence-corrected chi connectivity index (χ3v) is 6.91. The first kappa shape index (κ1) is 19.0. The fourth-order valence-electron chi connectivity index (χ4n) is 5.83. The van der Waals surface area contributed by atoms with Crippen LogP contribution in [0.5, 0.6) is 0 Å². The van der Waals surface area contributed by atoms with Crippen LogP contribution in [0.4, 0.5) is 5.82 Å². The molecule has 7 heteroatoms. The number of rotatable bonds is 5. The zero-order valence-corrected chi connectivity index (χ0v) is 16.9. The van der Waals surface area contributed by atoms with Crippen molar-refractivity contribution >= 4 is 40.9 Å². The molecule has 1 aromatic rings. The van der Waals surface area contributed by atoms with E-state index >= 15 is 0 Å². The van der Waals surface area contributed by atoms with Crippen LogP contribution in [0.15, 0.2) is 12.3 Å². The fourth-order valence-corrected chi connectivity index (χ4v) is 6.26. The van der Waals surface area contributed by atoms with Crippen LogP contribution >= 0.6 is 23.2 Å². The summed E-state index contributed by atoms with van der Waals surface area (Å²) in [6.45, 7) is 1.57. The molecule has 27 heavy (non-hydrogen) atoms. The largest absolute Gasteiger partial charge is 0.453 e. The molecule has 0 aromatic carbocycles. The number of nitrogens with zero attached hydrogens (tertiary/aromatic N) is 1. The molecule has 0 saturated heterocycles. The number of halogens is 2. The number of carbonyl (C=O) groups is 2. The molecule has 0 spiro atoms. The van der Waals surface area contributed by atoms with E-state index in [4.69, 9.17) is 27.9 Å². The first-order chi connectivity index (χ1) is 12.8. The summed E-state index contributed by atoms with van der Waals surface area (Å²) in [5.74, 6) is 1.81. The van der Waals surface area contributed by atoms with E-state index < -0.39 is 12.0 Å². The van der Waals surface area contributed by atoms with Crippen LogP contribution < -0.4 is 5.32 Å². The number of hydrogen-bond donors (Lipinski definition) is 1. The van der Waals surface area contributed by atoms with E-state index in [0.717, 1.165) is 37.0 Å². The number of pyridine rings is 1. The van der Waals surface area contributed by atoms with E-state index in [-0.39, 0.29) is 22.2 Å². The summed E-state index contributed by atoms with van der Waals surface area (Å²) in [7, 11) is 0. The lowest BCUT2D eigenvalue weighted by Gasteiger charge is -2.56. The number of esters is 1. The van der Waals surface area contributed by atoms with E-state index in [9.17, 15) is 9.59 Å². The van der Waals surface area contributed by atoms with Gasteiger partial charge in [-0.25, -0.2) is 4.98 Å². The quantitative estimate of drug-likeness (QED) is 0.703. The average molecular weight is 411 g/mol. The normalized spacial score (nSPS) is 32.2. The Balaban J connectivity index is 1.33. The molecule has 4 bridgehead atoms. The smallest absolute Gasteiger partial charge is 0.307 e. The van der Waals surface area contributed by atoms with Crippen molar-refractivity contribution < 1.29 is 14.3 Å². The molecule has 5 nitrogen and oxygen atoms in total. The Morgan fingerprint density at radius 1 is 1.22 bits per heavy atom. The van der Waals surface area contributed by atoms with Crippen molar-refractivity contribution in [3.8, 4) is 0 Å². The van der Waals surface area contributed by atoms with Gasteiger partial charge < -0.3 is 10.1 Å². The van der Waals surface area contributed by atoms with Gasteiger partial charge in [-0.15, -0.1) is 0 Å². The van der Waals surface area contributed by atoms with Gasteiger partial charge >= 0.3 is 5.97 Å². The monoisotopic (exact) mass is 410 g/mol. The number of anilines is 1. The van der Waals surface area contributed by atoms with Crippen LogP contribution in [0.1, 0.15) is 51.9 Å². The van der Waals surface area contributed by atoms with Crippen LogP contribution in [0.3, 0.4) is 0 Å². The minimum atomic E-state index is -0.903. The third-order valence-electron chi connectivity index (χ3n) is 6.41. The van der Waals surface area contributed by atoms with E-state index in [2.05, 4.69) is 10.3 Å². The summed E-state index contributed by atoms with van der Waals surface area (Å²) in [5, 5.41) is 3.21. The maximum atomic E-state index is 12.5. The van der Waals surface area contributed by atoms with E-state index in [1.807, 2.05) is 0 Å². The lowest BCUT2D eigenvalue weighted by molar-refractivity contribution is -0.160. The van der Waals surface area contributed by atoms with Gasteiger partial charge in [-0.3, -0.25) is 9.59 Å². The predicted octanol–water partition coefficient (Wildman–Crippen LogP) is 4.87. The van der Waals surface area contributed by atoms with Crippen LogP contribution in [0.25, 0.3) is 0 Å². The molecule has 0 radical (unpaired) electrons. The number of nitrogens with one attached hydrogen (secondary N) is 1. The highest BCUT2D eigenvalue weighted by Crippen LogP contribution is 2.61. The molecule has 4 aliphatic rings. The first-order valence-corrected chi connectivity index (χ1v) is 10.4. The number of carbonyl (C=O) groups excluding carboxylic acids is 2. The Morgan fingerprint density at radius 2 is 1.81 bits per heavy atom. The molecule has 1 amide bonds. The second-order valence-corrected chi connectivity index (χ2v) is 9.54. The number of hydrogen-bond acceptors (Lipinski definition) is 4. The summed E-state index contributed by atoms with van der Waals surface area (Å²) in [5.41, 5.74) is 0.100. The van der Waals surface area contributed by atoms with Gasteiger partial charge in [0.25, 0.3) is 5.91 Å². The molecule has 4 fully saturated rings. The lowest BCUT2D eigenvalue weighted by Crippen LogP contribution is -2.47. The number of aromatic nitrogens is 1. The van der Waals surface area contributed by atoms with Gasteiger partial charge in [0.1, 0.15) is 0 Å². The third kappa shape index (κ3) is 4.09. The summed E-state index contributed by atoms with van der Waals surface area (Å²) in [6, 6.07) is 1.50. The molecule has 1 aromatic heterocycles. The van der Waals surface area contributed by atoms with Crippen molar-refractivity contribution in [1.82, 2.24) is 4.98 Å². The molecular weight excluding hydrogens is 387 g/mol. The molecule has 5 rings (SSSR count). The van der Waals surface area contributed by atoms with Gasteiger partial charge in [-0.2, -0.15) is 0 Å². The van der Waals surface area contributed by atoms with Crippen molar-refractivity contribution in [2.24, 2.45) is 23.2 Å². The highest BCUT2D eigenvalue weighted by atomic mass is 35.5. The standard InChI is InChI=1S/C20H24Cl2N2O3/c1-11(19(26)24-18-16(22)5-15(21)10-23-18)27-17(25)9-20-6-12-2-13(7-20)4-14(3-12)8-20/h5,10-14H,2-4,6-9H2,1H3,(H,23,24,26). The summed E-state index contributed by atoms with van der Waals surface area (Å²) >= 11 is 11.8. The maximum Gasteiger partial charge on any atom is 0.307 e. The lowest BCUT2D eigenvalue weighted by atomic mass is 9.49. The molecule has 1 unspecified atom stereocenters. The number of amides is 1. The minimum Gasteiger partial charge on any atom is -0.453 e. The van der Waals surface area contributed by atoms with Crippen molar-refractivity contribution in [2.45, 2.75) is 58.0 Å². The van der Waals surface area contributed by atoms with Crippen molar-refractivity contribution in [2.75, 3.05) is 5.32 Å². The Morgan fingerprint density at radius 3 is 2.37 bits per heavy atom. The van der Waals surface area contributed by atoms with E-state index in [1.54, 1.807) is 6.92 Å². The van der Waals surface area contributed by atoms with Gasteiger partial charge in [0, 0.05) is 6.20 Å². The maximum absolute atomic E-state index is 12.5. The van der Waals surface area contributed by atoms with Crippen LogP contribution in [-0.2, 0) is 14.3 Å². The molecule has 4 aliphatic carbocycles. The second-order valence-electron chi connectivity index (χ2n) is 8.70. The Kier molecular flexibility index (Phi) is 5.10. The van der Waals surface area contributed by atoms with Crippen LogP contribution in [0.2, 0.25) is 10.0 Å². The second kappa shape index (κ2) is 7.25. The van der Waals surface area contributed by atoms with Gasteiger partial charge in [0.15, 0.2) is 11.9 Å². The minimum absolute atomic E-state index is 0.100. The molecule has 1 atom stereocenters. The van der Waals surface area contributed by atoms with E-state index in [0.29, 0.717) is 11.4 Å². The number of ether oxygens (including phenoxy) is 1. The summed E-state index contributed by atoms with van der Waals surface area (Å²) < 4.78 is 5.44. The van der Waals surface area contributed by atoms with Crippen molar-refractivity contribution in [3.63, 3.8) is 0 Å². The molecule has 0 aliphatic heterocycles. The Hall–Kier alpha value is -1.33. The molecular formula is C20H24Cl2N2O3. The molecule has 4 saturated carbocycles. The summed E-state index contributed by atoms with van der Waals surface area (Å²) in [6.07, 6.45) is 8.34. The first-order valence-electron chi connectivity index (χ1n) is 9.63. The predicted molar refractivity (Wildman–Crippen MR) is 104 cm³/mol. The zero-order chi connectivity index (χ0) is 19.2. The summed E-state index contributed by atoms with van der Waals surface area (Å²) in [4.78, 5) is 28.9. The zero-order valence-electron chi connectivity index (χ0n) is 15.3. The van der Waals surface area contributed by atoms with Crippen LogP contribution in [-0.4, -0.2) is 23.0 Å². The molecule has 1 N–H and O–H groups in total. The van der Waals surface area contributed by atoms with Gasteiger partial charge in [-0.05, 0) is 74.7 Å². The Bertz CT molecular complexity index is 732. The topological polar surface area (TPSA) is 68.3 Å². The highest BCUT2D eigenvalue weighted by molar-refractivity contribution is 6.36. The molecule has 1 heterocycles. The van der Waals surface area contributed by atoms with Crippen LogP contribution in [0, 0.1) is 23.2 Å². The SMILES string of the molecule is CC(OC(=O)CC12CC3CC(CC(C3)C1)C2)C(=O)Nc1ncc(Cl)cc1Cl. The van der Waals surface area contributed by atoms with Crippen molar-refractivity contribution in [3.05, 3.63) is 22.3 Å². The Labute approximate surface area is 169 Å². The average Bonchev–Trinajstić information content (AvgIpc) is 2.55. The molecule has 146 valence electrons. The van der Waals surface area contributed by atoms with Crippen molar-refractivity contribution in [1.29, 1.82) is 0 Å². The van der Waals surface area contributed by atoms with E-state index in [1.165, 1.54) is 31.5 Å². The van der Waals surface area contributed by atoms with Gasteiger partial charge in [-0.1, -0.05) is 23.2 Å².